The maximum absolute atomic E-state index is 12.2. The van der Waals surface area contributed by atoms with E-state index in [1.54, 1.807) is 25.2 Å². The van der Waals surface area contributed by atoms with Crippen LogP contribution in [0, 0.1) is 6.92 Å². The van der Waals surface area contributed by atoms with E-state index in [0.717, 1.165) is 24.3 Å². The van der Waals surface area contributed by atoms with Gasteiger partial charge in [0.05, 0.1) is 16.0 Å². The van der Waals surface area contributed by atoms with Crippen LogP contribution in [0.3, 0.4) is 0 Å². The highest BCUT2D eigenvalue weighted by atomic mass is 32.2. The second-order valence-electron chi connectivity index (χ2n) is 5.82. The Hall–Kier alpha value is -1.67. The molecule has 6 nitrogen and oxygen atoms in total. The van der Waals surface area contributed by atoms with Crippen molar-refractivity contribution >= 4 is 29.0 Å². The van der Waals surface area contributed by atoms with E-state index in [1.165, 1.54) is 34.8 Å². The summed E-state index contributed by atoms with van der Waals surface area (Å²) < 4.78 is 0. The molecule has 1 aliphatic rings. The molecule has 0 spiro atoms. The van der Waals surface area contributed by atoms with E-state index in [2.05, 4.69) is 20.3 Å². The number of nitrogens with one attached hydrogen (secondary N) is 2. The third-order valence-corrected chi connectivity index (χ3v) is 5.99. The number of H-pyrrole nitrogens is 1. The van der Waals surface area contributed by atoms with Gasteiger partial charge in [-0.15, -0.1) is 11.3 Å². The number of hydrogen-bond acceptors (Lipinski definition) is 6. The Morgan fingerprint density at radius 1 is 1.46 bits per heavy atom. The van der Waals surface area contributed by atoms with Gasteiger partial charge in [0.1, 0.15) is 0 Å². The van der Waals surface area contributed by atoms with Crippen molar-refractivity contribution < 1.29 is 4.79 Å². The van der Waals surface area contributed by atoms with E-state index in [9.17, 15) is 9.59 Å². The number of thioether (sulfide) groups is 1. The maximum atomic E-state index is 12.2. The molecule has 3 rings (SSSR count). The number of carbonyl (C=O) groups is 1. The third kappa shape index (κ3) is 4.24. The molecule has 0 saturated heterocycles. The zero-order chi connectivity index (χ0) is 17.1. The highest BCUT2D eigenvalue weighted by molar-refractivity contribution is 8.00. The van der Waals surface area contributed by atoms with E-state index < -0.39 is 0 Å². The SMILES string of the molecule is Cc1cc(=O)[nH]c(S[C@H](C)C(=O)NCCc2nc3c(s2)CCC3)n1. The molecule has 1 aliphatic carbocycles. The molecule has 128 valence electrons. The van der Waals surface area contributed by atoms with Crippen molar-refractivity contribution in [2.24, 2.45) is 0 Å². The summed E-state index contributed by atoms with van der Waals surface area (Å²) in [6.07, 6.45) is 4.22. The number of amides is 1. The molecule has 2 aromatic heterocycles. The fourth-order valence-corrected chi connectivity index (χ4v) is 4.65. The highest BCUT2D eigenvalue weighted by Gasteiger charge is 2.18. The minimum Gasteiger partial charge on any atom is -0.355 e. The summed E-state index contributed by atoms with van der Waals surface area (Å²) >= 11 is 3.02. The first kappa shape index (κ1) is 17.2. The van der Waals surface area contributed by atoms with Gasteiger partial charge < -0.3 is 10.3 Å². The van der Waals surface area contributed by atoms with Crippen molar-refractivity contribution in [3.05, 3.63) is 37.7 Å². The molecule has 1 atom stereocenters. The number of aromatic nitrogens is 3. The normalized spacial score (nSPS) is 14.4. The Kier molecular flexibility index (Phi) is 5.35. The summed E-state index contributed by atoms with van der Waals surface area (Å²) in [5.41, 5.74) is 1.69. The fourth-order valence-electron chi connectivity index (χ4n) is 2.62. The molecule has 0 fully saturated rings. The maximum Gasteiger partial charge on any atom is 0.251 e. The Bertz CT molecular complexity index is 778. The molecule has 24 heavy (non-hydrogen) atoms. The highest BCUT2D eigenvalue weighted by Crippen LogP contribution is 2.27. The van der Waals surface area contributed by atoms with Gasteiger partial charge in [0.25, 0.3) is 5.56 Å². The Balaban J connectivity index is 1.47. The topological polar surface area (TPSA) is 87.7 Å². The lowest BCUT2D eigenvalue weighted by molar-refractivity contribution is -0.120. The van der Waals surface area contributed by atoms with Crippen LogP contribution in [0.15, 0.2) is 16.0 Å². The predicted molar refractivity (Wildman–Crippen MR) is 95.8 cm³/mol. The molecule has 1 amide bonds. The number of aromatic amines is 1. The van der Waals surface area contributed by atoms with Crippen LogP contribution in [-0.4, -0.2) is 32.7 Å². The van der Waals surface area contributed by atoms with Gasteiger partial charge in [-0.2, -0.15) is 0 Å². The summed E-state index contributed by atoms with van der Waals surface area (Å²) in [7, 11) is 0. The van der Waals surface area contributed by atoms with Crippen LogP contribution in [0.4, 0.5) is 0 Å². The van der Waals surface area contributed by atoms with E-state index >= 15 is 0 Å². The lowest BCUT2D eigenvalue weighted by Crippen LogP contribution is -2.32. The Morgan fingerprint density at radius 2 is 2.29 bits per heavy atom. The lowest BCUT2D eigenvalue weighted by atomic mass is 10.3. The largest absolute Gasteiger partial charge is 0.355 e. The minimum atomic E-state index is -0.323. The van der Waals surface area contributed by atoms with Crippen molar-refractivity contribution in [2.75, 3.05) is 6.54 Å². The van der Waals surface area contributed by atoms with Gasteiger partial charge in [0, 0.05) is 29.6 Å². The van der Waals surface area contributed by atoms with Crippen LogP contribution < -0.4 is 10.9 Å². The van der Waals surface area contributed by atoms with Gasteiger partial charge in [-0.1, -0.05) is 11.8 Å². The van der Waals surface area contributed by atoms with E-state index in [-0.39, 0.29) is 16.7 Å². The van der Waals surface area contributed by atoms with Crippen LogP contribution >= 0.6 is 23.1 Å². The van der Waals surface area contributed by atoms with Crippen LogP contribution in [0.2, 0.25) is 0 Å². The van der Waals surface area contributed by atoms with Crippen molar-refractivity contribution in [3.63, 3.8) is 0 Å². The summed E-state index contributed by atoms with van der Waals surface area (Å²) in [5.74, 6) is -0.0618. The Labute approximate surface area is 148 Å². The van der Waals surface area contributed by atoms with E-state index in [0.29, 0.717) is 17.4 Å². The quantitative estimate of drug-likeness (QED) is 0.603. The van der Waals surface area contributed by atoms with Crippen LogP contribution in [0.25, 0.3) is 0 Å². The average molecular weight is 364 g/mol. The number of fused-ring (bicyclic) bond motifs is 1. The van der Waals surface area contributed by atoms with E-state index in [1.807, 2.05) is 0 Å². The van der Waals surface area contributed by atoms with Crippen molar-refractivity contribution in [3.8, 4) is 0 Å². The van der Waals surface area contributed by atoms with Crippen LogP contribution in [0.5, 0.6) is 0 Å². The predicted octanol–water partition coefficient (Wildman–Crippen LogP) is 1.86. The number of nitrogens with zero attached hydrogens (tertiary/aromatic N) is 2. The molecule has 2 N–H and O–H groups in total. The van der Waals surface area contributed by atoms with Crippen LogP contribution in [-0.2, 0) is 24.1 Å². The molecule has 0 bridgehead atoms. The molecule has 0 saturated carbocycles. The summed E-state index contributed by atoms with van der Waals surface area (Å²) in [6, 6.07) is 1.43. The smallest absolute Gasteiger partial charge is 0.251 e. The third-order valence-electron chi connectivity index (χ3n) is 3.78. The second kappa shape index (κ2) is 7.48. The molecule has 0 unspecified atom stereocenters. The number of thiazole rings is 1. The van der Waals surface area contributed by atoms with Crippen molar-refractivity contribution in [2.45, 2.75) is 49.9 Å². The van der Waals surface area contributed by atoms with Crippen molar-refractivity contribution in [1.29, 1.82) is 0 Å². The summed E-state index contributed by atoms with van der Waals surface area (Å²) in [5, 5.41) is 4.18. The lowest BCUT2D eigenvalue weighted by Gasteiger charge is -2.11. The number of hydrogen-bond donors (Lipinski definition) is 2. The fraction of sp³-hybridized carbons (Fsp3) is 0.500. The van der Waals surface area contributed by atoms with E-state index in [4.69, 9.17) is 0 Å². The molecule has 0 aliphatic heterocycles. The standard InChI is InChI=1S/C16H20N4O2S2/c1-9-8-13(21)20-16(18-9)23-10(2)15(22)17-7-6-14-19-11-4-3-5-12(11)24-14/h8,10H,3-7H2,1-2H3,(H,17,22)(H,18,20,21)/t10-/m1/s1. The molecular weight excluding hydrogens is 344 g/mol. The molecule has 8 heteroatoms. The zero-order valence-corrected chi connectivity index (χ0v) is 15.4. The van der Waals surface area contributed by atoms with Crippen molar-refractivity contribution in [1.82, 2.24) is 20.3 Å². The number of rotatable bonds is 6. The van der Waals surface area contributed by atoms with Gasteiger partial charge in [0.2, 0.25) is 5.91 Å². The van der Waals surface area contributed by atoms with Gasteiger partial charge in [0.15, 0.2) is 5.16 Å². The minimum absolute atomic E-state index is 0.0618. The number of aryl methyl sites for hydroxylation is 3. The first-order chi connectivity index (χ1) is 11.5. The van der Waals surface area contributed by atoms with Crippen LogP contribution in [0.1, 0.15) is 34.6 Å². The summed E-state index contributed by atoms with van der Waals surface area (Å²) in [4.78, 5) is 36.5. The first-order valence-corrected chi connectivity index (χ1v) is 9.70. The molecular formula is C16H20N4O2S2. The first-order valence-electron chi connectivity index (χ1n) is 8.01. The van der Waals surface area contributed by atoms with Gasteiger partial charge in [-0.25, -0.2) is 9.97 Å². The zero-order valence-electron chi connectivity index (χ0n) is 13.7. The average Bonchev–Trinajstić information content (AvgIpc) is 3.07. The number of carbonyl (C=O) groups excluding carboxylic acids is 1. The monoisotopic (exact) mass is 364 g/mol. The van der Waals surface area contributed by atoms with Gasteiger partial charge >= 0.3 is 0 Å². The molecule has 2 aromatic rings. The molecule has 0 radical (unpaired) electrons. The molecule has 2 heterocycles. The van der Waals surface area contributed by atoms with Gasteiger partial charge in [-0.05, 0) is 33.1 Å². The second-order valence-corrected chi connectivity index (χ2v) is 8.32. The summed E-state index contributed by atoms with van der Waals surface area (Å²) in [6.45, 7) is 4.14. The molecule has 0 aromatic carbocycles. The van der Waals surface area contributed by atoms with Gasteiger partial charge in [-0.3, -0.25) is 9.59 Å². The Morgan fingerprint density at radius 3 is 3.04 bits per heavy atom.